The zero-order valence-corrected chi connectivity index (χ0v) is 17.8. The van der Waals surface area contributed by atoms with Crippen LogP contribution in [-0.2, 0) is 16.0 Å². The van der Waals surface area contributed by atoms with Gasteiger partial charge in [-0.25, -0.2) is 4.98 Å². The van der Waals surface area contributed by atoms with Crippen LogP contribution >= 0.6 is 11.3 Å². The summed E-state index contributed by atoms with van der Waals surface area (Å²) >= 11 is 1.28. The van der Waals surface area contributed by atoms with Crippen molar-refractivity contribution in [2.45, 2.75) is 32.8 Å². The number of furan rings is 1. The molecule has 8 heteroatoms. The second kappa shape index (κ2) is 10.7. The molecule has 0 aliphatic carbocycles. The van der Waals surface area contributed by atoms with Crippen molar-refractivity contribution < 1.29 is 18.7 Å². The van der Waals surface area contributed by atoms with Gasteiger partial charge in [0.1, 0.15) is 5.76 Å². The van der Waals surface area contributed by atoms with E-state index in [2.05, 4.69) is 15.6 Å². The number of anilines is 1. The minimum absolute atomic E-state index is 0.0244. The van der Waals surface area contributed by atoms with Gasteiger partial charge in [0.2, 0.25) is 5.91 Å². The van der Waals surface area contributed by atoms with Crippen molar-refractivity contribution in [3.05, 3.63) is 70.6 Å². The molecule has 1 unspecified atom stereocenters. The second-order valence-corrected chi connectivity index (χ2v) is 7.65. The maximum atomic E-state index is 12.2. The molecule has 0 saturated heterocycles. The van der Waals surface area contributed by atoms with Crippen LogP contribution in [0, 0.1) is 6.92 Å². The Morgan fingerprint density at radius 2 is 2.03 bits per heavy atom. The number of hydrogen-bond acceptors (Lipinski definition) is 6. The number of aryl methyl sites for hydroxylation is 1. The highest BCUT2D eigenvalue weighted by atomic mass is 32.1. The highest BCUT2D eigenvalue weighted by Gasteiger charge is 2.14. The molecule has 0 fully saturated rings. The number of nitrogens with one attached hydrogen (secondary N) is 2. The van der Waals surface area contributed by atoms with Gasteiger partial charge in [0.15, 0.2) is 5.13 Å². The fraction of sp³-hybridized carbons (Fsp3) is 0.318. The van der Waals surface area contributed by atoms with E-state index in [1.165, 1.54) is 17.6 Å². The first-order valence-electron chi connectivity index (χ1n) is 9.76. The molecule has 1 atom stereocenters. The predicted molar refractivity (Wildman–Crippen MR) is 116 cm³/mol. The SMILES string of the molecule is Cc1occc1C(=O)Nc1nc(CC(=O)NCCCOC(C)c2ccccc2)cs1. The summed E-state index contributed by atoms with van der Waals surface area (Å²) in [5, 5.41) is 7.81. The summed E-state index contributed by atoms with van der Waals surface area (Å²) in [6.45, 7) is 4.84. The maximum absolute atomic E-state index is 12.2. The van der Waals surface area contributed by atoms with E-state index in [1.54, 1.807) is 18.4 Å². The van der Waals surface area contributed by atoms with Gasteiger partial charge in [0.05, 0.1) is 30.0 Å². The fourth-order valence-electron chi connectivity index (χ4n) is 2.84. The zero-order valence-electron chi connectivity index (χ0n) is 17.0. The number of amides is 2. The number of hydrogen-bond donors (Lipinski definition) is 2. The topological polar surface area (TPSA) is 93.5 Å². The molecule has 30 heavy (non-hydrogen) atoms. The van der Waals surface area contributed by atoms with E-state index < -0.39 is 0 Å². The van der Waals surface area contributed by atoms with Gasteiger partial charge in [0, 0.05) is 18.5 Å². The van der Waals surface area contributed by atoms with E-state index in [-0.39, 0.29) is 24.3 Å². The van der Waals surface area contributed by atoms with Crippen LogP contribution in [0.4, 0.5) is 5.13 Å². The third-order valence-corrected chi connectivity index (χ3v) is 5.30. The Balaban J connectivity index is 1.34. The van der Waals surface area contributed by atoms with Gasteiger partial charge in [-0.05, 0) is 31.9 Å². The van der Waals surface area contributed by atoms with Gasteiger partial charge in [-0.2, -0.15) is 0 Å². The number of aromatic nitrogens is 1. The van der Waals surface area contributed by atoms with E-state index in [9.17, 15) is 9.59 Å². The molecule has 2 heterocycles. The Labute approximate surface area is 179 Å². The number of nitrogens with zero attached hydrogens (tertiary/aromatic N) is 1. The predicted octanol–water partition coefficient (Wildman–Crippen LogP) is 4.12. The molecule has 0 radical (unpaired) electrons. The highest BCUT2D eigenvalue weighted by Crippen LogP contribution is 2.18. The number of ether oxygens (including phenoxy) is 1. The Hall–Kier alpha value is -2.97. The summed E-state index contributed by atoms with van der Waals surface area (Å²) in [6, 6.07) is 11.6. The van der Waals surface area contributed by atoms with Crippen LogP contribution in [0.1, 0.15) is 46.8 Å². The first-order chi connectivity index (χ1) is 14.5. The molecule has 2 amide bonds. The first-order valence-corrected chi connectivity index (χ1v) is 10.6. The van der Waals surface area contributed by atoms with Crippen LogP contribution in [-0.4, -0.2) is 29.9 Å². The number of carbonyl (C=O) groups excluding carboxylic acids is 2. The lowest BCUT2D eigenvalue weighted by Crippen LogP contribution is -2.27. The van der Waals surface area contributed by atoms with E-state index in [0.29, 0.717) is 35.3 Å². The largest absolute Gasteiger partial charge is 0.469 e. The molecule has 2 aromatic heterocycles. The smallest absolute Gasteiger partial charge is 0.260 e. The summed E-state index contributed by atoms with van der Waals surface area (Å²) in [5.74, 6) is 0.155. The van der Waals surface area contributed by atoms with E-state index >= 15 is 0 Å². The molecule has 0 spiro atoms. The third-order valence-electron chi connectivity index (χ3n) is 4.50. The lowest BCUT2D eigenvalue weighted by atomic mass is 10.1. The third kappa shape index (κ3) is 6.27. The van der Waals surface area contributed by atoms with E-state index in [1.807, 2.05) is 37.3 Å². The summed E-state index contributed by atoms with van der Waals surface area (Å²) < 4.78 is 10.9. The minimum Gasteiger partial charge on any atom is -0.469 e. The molecular weight excluding hydrogens is 402 g/mol. The van der Waals surface area contributed by atoms with Crippen LogP contribution in [0.25, 0.3) is 0 Å². The van der Waals surface area contributed by atoms with Gasteiger partial charge < -0.3 is 14.5 Å². The average molecular weight is 428 g/mol. The van der Waals surface area contributed by atoms with Gasteiger partial charge in [-0.1, -0.05) is 30.3 Å². The van der Waals surface area contributed by atoms with Gasteiger partial charge >= 0.3 is 0 Å². The van der Waals surface area contributed by atoms with Crippen molar-refractivity contribution in [3.63, 3.8) is 0 Å². The molecule has 0 bridgehead atoms. The highest BCUT2D eigenvalue weighted by molar-refractivity contribution is 7.14. The molecule has 7 nitrogen and oxygen atoms in total. The van der Waals surface area contributed by atoms with Crippen molar-refractivity contribution in [2.24, 2.45) is 0 Å². The standard InChI is InChI=1S/C22H25N3O4S/c1-15(17-7-4-3-5-8-17)28-11-6-10-23-20(26)13-18-14-30-22(24-18)25-21(27)19-9-12-29-16(19)2/h3-5,7-9,12,14-15H,6,10-11,13H2,1-2H3,(H,23,26)(H,24,25,27). The van der Waals surface area contributed by atoms with Gasteiger partial charge in [-0.15, -0.1) is 11.3 Å². The van der Waals surface area contributed by atoms with Crippen LogP contribution < -0.4 is 10.6 Å². The van der Waals surface area contributed by atoms with Crippen molar-refractivity contribution in [3.8, 4) is 0 Å². The van der Waals surface area contributed by atoms with Crippen LogP contribution in [0.3, 0.4) is 0 Å². The number of carbonyl (C=O) groups is 2. The second-order valence-electron chi connectivity index (χ2n) is 6.79. The maximum Gasteiger partial charge on any atom is 0.260 e. The lowest BCUT2D eigenvalue weighted by molar-refractivity contribution is -0.120. The molecule has 0 saturated carbocycles. The van der Waals surface area contributed by atoms with Gasteiger partial charge in [-0.3, -0.25) is 14.9 Å². The summed E-state index contributed by atoms with van der Waals surface area (Å²) in [7, 11) is 0. The van der Waals surface area contributed by atoms with Crippen molar-refractivity contribution in [1.82, 2.24) is 10.3 Å². The molecule has 0 aliphatic heterocycles. The number of benzene rings is 1. The van der Waals surface area contributed by atoms with Crippen molar-refractivity contribution >= 4 is 28.3 Å². The monoisotopic (exact) mass is 427 g/mol. The quantitative estimate of drug-likeness (QED) is 0.475. The Bertz CT molecular complexity index is 968. The Morgan fingerprint density at radius 1 is 1.23 bits per heavy atom. The van der Waals surface area contributed by atoms with Crippen LogP contribution in [0.2, 0.25) is 0 Å². The average Bonchev–Trinajstić information content (AvgIpc) is 3.36. The summed E-state index contributed by atoms with van der Waals surface area (Å²) in [5.41, 5.74) is 2.22. The van der Waals surface area contributed by atoms with Crippen LogP contribution in [0.5, 0.6) is 0 Å². The Kier molecular flexibility index (Phi) is 7.75. The molecule has 3 rings (SSSR count). The van der Waals surface area contributed by atoms with Crippen LogP contribution in [0.15, 0.2) is 52.5 Å². The molecule has 3 aromatic rings. The fourth-order valence-corrected chi connectivity index (χ4v) is 3.54. The number of thiazole rings is 1. The van der Waals surface area contributed by atoms with Crippen molar-refractivity contribution in [1.29, 1.82) is 0 Å². The minimum atomic E-state index is -0.281. The normalized spacial score (nSPS) is 11.8. The molecular formula is C22H25N3O4S. The van der Waals surface area contributed by atoms with E-state index in [4.69, 9.17) is 9.15 Å². The number of rotatable bonds is 10. The molecule has 0 aliphatic rings. The molecule has 1 aromatic carbocycles. The lowest BCUT2D eigenvalue weighted by Gasteiger charge is -2.13. The van der Waals surface area contributed by atoms with Crippen molar-refractivity contribution in [2.75, 3.05) is 18.5 Å². The molecule has 158 valence electrons. The summed E-state index contributed by atoms with van der Waals surface area (Å²) in [6.07, 6.45) is 2.38. The summed E-state index contributed by atoms with van der Waals surface area (Å²) in [4.78, 5) is 28.6. The van der Waals surface area contributed by atoms with E-state index in [0.717, 1.165) is 12.0 Å². The molecule has 2 N–H and O–H groups in total. The first kappa shape index (κ1) is 21.7. The Morgan fingerprint density at radius 3 is 2.77 bits per heavy atom. The zero-order chi connectivity index (χ0) is 21.3. The van der Waals surface area contributed by atoms with Gasteiger partial charge in [0.25, 0.3) is 5.91 Å².